The molecule has 6 nitrogen and oxygen atoms in total. The molecule has 0 aromatic heterocycles. The van der Waals surface area contributed by atoms with E-state index in [0.717, 1.165) is 13.1 Å². The standard InChI is InChI=1S/C12H28N4O2/c1-12(2,3)18-11(17)15-9-10(8-13)14-6-7-16(4)5/h10,14H,6-9,13H2,1-5H3,(H,15,17). The van der Waals surface area contributed by atoms with Crippen LogP contribution in [0.4, 0.5) is 4.79 Å². The smallest absolute Gasteiger partial charge is 0.407 e. The molecule has 0 aliphatic heterocycles. The number of nitrogens with two attached hydrogens (primary N) is 1. The van der Waals surface area contributed by atoms with Crippen LogP contribution in [-0.4, -0.2) is 62.9 Å². The van der Waals surface area contributed by atoms with Crippen LogP contribution in [0.3, 0.4) is 0 Å². The van der Waals surface area contributed by atoms with Crippen LogP contribution in [-0.2, 0) is 4.74 Å². The summed E-state index contributed by atoms with van der Waals surface area (Å²) in [5.74, 6) is 0. The molecule has 0 fully saturated rings. The Hall–Kier alpha value is -0.850. The number of hydrogen-bond donors (Lipinski definition) is 3. The van der Waals surface area contributed by atoms with Crippen LogP contribution in [0.1, 0.15) is 20.8 Å². The third-order valence-electron chi connectivity index (χ3n) is 2.17. The highest BCUT2D eigenvalue weighted by Crippen LogP contribution is 2.06. The Balaban J connectivity index is 3.82. The fourth-order valence-corrected chi connectivity index (χ4v) is 1.25. The van der Waals surface area contributed by atoms with Crippen LogP contribution in [0, 0.1) is 0 Å². The van der Waals surface area contributed by atoms with Crippen LogP contribution in [0.5, 0.6) is 0 Å². The normalized spacial score (nSPS) is 13.5. The van der Waals surface area contributed by atoms with Crippen molar-refractivity contribution >= 4 is 6.09 Å². The van der Waals surface area contributed by atoms with Gasteiger partial charge in [-0.15, -0.1) is 0 Å². The molecule has 0 spiro atoms. The van der Waals surface area contributed by atoms with Gasteiger partial charge in [0.05, 0.1) is 0 Å². The lowest BCUT2D eigenvalue weighted by molar-refractivity contribution is 0.0523. The number of carbonyl (C=O) groups is 1. The maximum absolute atomic E-state index is 11.5. The van der Waals surface area contributed by atoms with Gasteiger partial charge in [-0.3, -0.25) is 0 Å². The molecule has 4 N–H and O–H groups in total. The monoisotopic (exact) mass is 260 g/mol. The van der Waals surface area contributed by atoms with E-state index in [1.165, 1.54) is 0 Å². The molecule has 0 aliphatic rings. The molecule has 1 unspecified atom stereocenters. The van der Waals surface area contributed by atoms with Crippen molar-refractivity contribution in [1.82, 2.24) is 15.5 Å². The number of rotatable bonds is 7. The molecule has 0 aliphatic carbocycles. The predicted octanol–water partition coefficient (Wildman–Crippen LogP) is -0.0104. The first-order chi connectivity index (χ1) is 8.24. The van der Waals surface area contributed by atoms with Gasteiger partial charge in [-0.1, -0.05) is 0 Å². The fraction of sp³-hybridized carbons (Fsp3) is 0.917. The van der Waals surface area contributed by atoms with Crippen molar-refractivity contribution in [3.63, 3.8) is 0 Å². The van der Waals surface area contributed by atoms with Crippen molar-refractivity contribution in [2.24, 2.45) is 5.73 Å². The van der Waals surface area contributed by atoms with Crippen LogP contribution in [0.2, 0.25) is 0 Å². The lowest BCUT2D eigenvalue weighted by atomic mass is 10.2. The molecule has 0 saturated heterocycles. The third-order valence-corrected chi connectivity index (χ3v) is 2.17. The average molecular weight is 260 g/mol. The van der Waals surface area contributed by atoms with Gasteiger partial charge in [0, 0.05) is 32.2 Å². The summed E-state index contributed by atoms with van der Waals surface area (Å²) in [7, 11) is 4.02. The first kappa shape index (κ1) is 17.2. The first-order valence-corrected chi connectivity index (χ1v) is 6.29. The number of alkyl carbamates (subject to hydrolysis) is 1. The van der Waals surface area contributed by atoms with Gasteiger partial charge in [-0.25, -0.2) is 4.79 Å². The van der Waals surface area contributed by atoms with Gasteiger partial charge in [0.2, 0.25) is 0 Å². The molecule has 0 saturated carbocycles. The summed E-state index contributed by atoms with van der Waals surface area (Å²) in [5.41, 5.74) is 5.16. The molecule has 1 amide bonds. The zero-order valence-electron chi connectivity index (χ0n) is 12.2. The van der Waals surface area contributed by atoms with Gasteiger partial charge in [-0.05, 0) is 34.9 Å². The first-order valence-electron chi connectivity index (χ1n) is 6.29. The minimum atomic E-state index is -0.472. The van der Waals surface area contributed by atoms with Crippen LogP contribution in [0.25, 0.3) is 0 Å². The van der Waals surface area contributed by atoms with E-state index in [2.05, 4.69) is 15.5 Å². The molecule has 0 bridgehead atoms. The summed E-state index contributed by atoms with van der Waals surface area (Å²) in [5, 5.41) is 5.99. The van der Waals surface area contributed by atoms with Crippen molar-refractivity contribution in [3.8, 4) is 0 Å². The quantitative estimate of drug-likeness (QED) is 0.600. The van der Waals surface area contributed by atoms with E-state index in [0.29, 0.717) is 13.1 Å². The van der Waals surface area contributed by atoms with Crippen molar-refractivity contribution in [1.29, 1.82) is 0 Å². The highest BCUT2D eigenvalue weighted by molar-refractivity contribution is 5.67. The number of amides is 1. The maximum atomic E-state index is 11.5. The molecule has 6 heteroatoms. The van der Waals surface area contributed by atoms with Gasteiger partial charge in [0.1, 0.15) is 5.60 Å². The molecule has 0 radical (unpaired) electrons. The zero-order valence-corrected chi connectivity index (χ0v) is 12.2. The minimum Gasteiger partial charge on any atom is -0.444 e. The number of hydrogen-bond acceptors (Lipinski definition) is 5. The van der Waals surface area contributed by atoms with Crippen LogP contribution in [0.15, 0.2) is 0 Å². The van der Waals surface area contributed by atoms with E-state index in [9.17, 15) is 4.79 Å². The second-order valence-electron chi connectivity index (χ2n) is 5.57. The Kier molecular flexibility index (Phi) is 7.90. The second-order valence-corrected chi connectivity index (χ2v) is 5.57. The zero-order chi connectivity index (χ0) is 14.2. The topological polar surface area (TPSA) is 79.6 Å². The Morgan fingerprint density at radius 2 is 2.00 bits per heavy atom. The van der Waals surface area contributed by atoms with Crippen molar-refractivity contribution in [3.05, 3.63) is 0 Å². The SMILES string of the molecule is CN(C)CCNC(CN)CNC(=O)OC(C)(C)C. The molecule has 18 heavy (non-hydrogen) atoms. The molecule has 0 rings (SSSR count). The lowest BCUT2D eigenvalue weighted by Gasteiger charge is -2.22. The summed E-state index contributed by atoms with van der Waals surface area (Å²) in [6, 6.07) is 0.0671. The van der Waals surface area contributed by atoms with Gasteiger partial charge < -0.3 is 26.0 Å². The number of carbonyl (C=O) groups excluding carboxylic acids is 1. The third kappa shape index (κ3) is 10.3. The molecule has 1 atom stereocenters. The van der Waals surface area contributed by atoms with E-state index in [1.807, 2.05) is 34.9 Å². The van der Waals surface area contributed by atoms with E-state index in [1.54, 1.807) is 0 Å². The molecule has 0 aromatic rings. The van der Waals surface area contributed by atoms with Crippen molar-refractivity contribution < 1.29 is 9.53 Å². The molecular formula is C12H28N4O2. The van der Waals surface area contributed by atoms with Crippen molar-refractivity contribution in [2.75, 3.05) is 40.3 Å². The largest absolute Gasteiger partial charge is 0.444 e. The van der Waals surface area contributed by atoms with Gasteiger partial charge in [-0.2, -0.15) is 0 Å². The second kappa shape index (κ2) is 8.29. The van der Waals surface area contributed by atoms with Crippen molar-refractivity contribution in [2.45, 2.75) is 32.4 Å². The summed E-state index contributed by atoms with van der Waals surface area (Å²) >= 11 is 0. The fourth-order valence-electron chi connectivity index (χ4n) is 1.25. The summed E-state index contributed by atoms with van der Waals surface area (Å²) in [6.07, 6.45) is -0.407. The predicted molar refractivity (Wildman–Crippen MR) is 73.6 cm³/mol. The van der Waals surface area contributed by atoms with E-state index < -0.39 is 11.7 Å². The molecular weight excluding hydrogens is 232 g/mol. The van der Waals surface area contributed by atoms with Crippen LogP contribution >= 0.6 is 0 Å². The lowest BCUT2D eigenvalue weighted by Crippen LogP contribution is -2.47. The van der Waals surface area contributed by atoms with Gasteiger partial charge >= 0.3 is 6.09 Å². The summed E-state index contributed by atoms with van der Waals surface area (Å²) < 4.78 is 5.15. The Labute approximate surface area is 110 Å². The molecule has 0 aromatic carbocycles. The number of ether oxygens (including phenoxy) is 1. The van der Waals surface area contributed by atoms with Gasteiger partial charge in [0.15, 0.2) is 0 Å². The van der Waals surface area contributed by atoms with E-state index >= 15 is 0 Å². The maximum Gasteiger partial charge on any atom is 0.407 e. The Morgan fingerprint density at radius 1 is 1.39 bits per heavy atom. The van der Waals surface area contributed by atoms with E-state index in [4.69, 9.17) is 10.5 Å². The summed E-state index contributed by atoms with van der Waals surface area (Å²) in [4.78, 5) is 13.5. The molecule has 0 heterocycles. The molecule has 108 valence electrons. The minimum absolute atomic E-state index is 0.0671. The Morgan fingerprint density at radius 3 is 2.44 bits per heavy atom. The van der Waals surface area contributed by atoms with E-state index in [-0.39, 0.29) is 6.04 Å². The van der Waals surface area contributed by atoms with Crippen LogP contribution < -0.4 is 16.4 Å². The number of likely N-dealkylation sites (N-methyl/N-ethyl adjacent to an activating group) is 1. The Bertz CT molecular complexity index is 239. The highest BCUT2D eigenvalue weighted by atomic mass is 16.6. The average Bonchev–Trinajstić information content (AvgIpc) is 2.20. The van der Waals surface area contributed by atoms with Gasteiger partial charge in [0.25, 0.3) is 0 Å². The number of nitrogens with zero attached hydrogens (tertiary/aromatic N) is 1. The summed E-state index contributed by atoms with van der Waals surface area (Å²) in [6.45, 7) is 8.23. The number of nitrogens with one attached hydrogen (secondary N) is 2. The highest BCUT2D eigenvalue weighted by Gasteiger charge is 2.16.